The summed E-state index contributed by atoms with van der Waals surface area (Å²) >= 11 is 0. The van der Waals surface area contributed by atoms with E-state index in [-0.39, 0.29) is 0 Å². The highest BCUT2D eigenvalue weighted by molar-refractivity contribution is 6.61. The minimum atomic E-state index is -0.846. The molecule has 0 unspecified atom stereocenters. The van der Waals surface area contributed by atoms with Gasteiger partial charge in [-0.1, -0.05) is 6.07 Å². The summed E-state index contributed by atoms with van der Waals surface area (Å²) in [6.45, 7) is 8.71. The van der Waals surface area contributed by atoms with Gasteiger partial charge >= 0.3 is 7.12 Å². The summed E-state index contributed by atoms with van der Waals surface area (Å²) in [7, 11) is 0.777. The van der Waals surface area contributed by atoms with E-state index in [0.29, 0.717) is 37.1 Å². The molecule has 0 saturated heterocycles. The first-order chi connectivity index (χ1) is 11.7. The summed E-state index contributed by atoms with van der Waals surface area (Å²) in [5.74, 6) is 1.15. The molecule has 2 aromatic rings. The lowest BCUT2D eigenvalue weighted by Gasteiger charge is -2.11. The van der Waals surface area contributed by atoms with Gasteiger partial charge in [0.15, 0.2) is 0 Å². The number of nitrogens with zero attached hydrogens (tertiary/aromatic N) is 2. The summed E-state index contributed by atoms with van der Waals surface area (Å²) in [5, 5.41) is 16.0. The van der Waals surface area contributed by atoms with Gasteiger partial charge in [0, 0.05) is 19.3 Å². The fourth-order valence-corrected chi connectivity index (χ4v) is 2.47. The number of hydrogen-bond donors (Lipinski definition) is 3. The van der Waals surface area contributed by atoms with Crippen LogP contribution in [0.4, 0.5) is 23.0 Å². The standard InChI is InChI=1S/C16H17BN4O3/c1-18-14-5-6-15(21-16(14)19-7-8-23-2)20-12-3-4-13-11(9-12)10-24-17(13)22/h3-6,9,22H,7-8,10H2,2H3,(H2,19,20,21). The maximum Gasteiger partial charge on any atom is 0.491 e. The molecule has 0 amide bonds. The van der Waals surface area contributed by atoms with Gasteiger partial charge in [-0.2, -0.15) is 0 Å². The first-order valence-electron chi connectivity index (χ1n) is 7.52. The summed E-state index contributed by atoms with van der Waals surface area (Å²) in [6, 6.07) is 9.10. The van der Waals surface area contributed by atoms with Crippen molar-refractivity contribution in [1.29, 1.82) is 0 Å². The van der Waals surface area contributed by atoms with Crippen LogP contribution >= 0.6 is 0 Å². The molecule has 8 heteroatoms. The van der Waals surface area contributed by atoms with E-state index < -0.39 is 7.12 Å². The Hall–Kier alpha value is -2.60. The van der Waals surface area contributed by atoms with Gasteiger partial charge in [0.05, 0.1) is 19.8 Å². The van der Waals surface area contributed by atoms with Gasteiger partial charge in [0.1, 0.15) is 11.6 Å². The number of hydrogen-bond acceptors (Lipinski definition) is 6. The molecule has 0 spiro atoms. The van der Waals surface area contributed by atoms with Crippen LogP contribution < -0.4 is 16.1 Å². The average molecular weight is 324 g/mol. The van der Waals surface area contributed by atoms with Crippen LogP contribution in [-0.4, -0.2) is 37.4 Å². The van der Waals surface area contributed by atoms with Crippen LogP contribution in [0.25, 0.3) is 4.85 Å². The van der Waals surface area contributed by atoms with Crippen LogP contribution in [0, 0.1) is 6.57 Å². The van der Waals surface area contributed by atoms with E-state index in [0.717, 1.165) is 16.7 Å². The molecule has 1 aliphatic rings. The molecule has 3 rings (SSSR count). The SMILES string of the molecule is [C-]#[N+]c1ccc(Nc2ccc3c(c2)COB3O)nc1NCCOC. The predicted molar refractivity (Wildman–Crippen MR) is 93.0 cm³/mol. The molecule has 0 saturated carbocycles. The van der Waals surface area contributed by atoms with E-state index in [1.807, 2.05) is 18.2 Å². The Balaban J connectivity index is 1.78. The smallest absolute Gasteiger partial charge is 0.423 e. The van der Waals surface area contributed by atoms with E-state index in [9.17, 15) is 5.02 Å². The Morgan fingerprint density at radius 3 is 3.08 bits per heavy atom. The summed E-state index contributed by atoms with van der Waals surface area (Å²) in [6.07, 6.45) is 0. The van der Waals surface area contributed by atoms with Crippen LogP contribution in [0.1, 0.15) is 5.56 Å². The zero-order chi connectivity index (χ0) is 16.9. The molecular weight excluding hydrogens is 307 g/mol. The zero-order valence-electron chi connectivity index (χ0n) is 13.2. The van der Waals surface area contributed by atoms with Crippen molar-refractivity contribution in [3.05, 3.63) is 47.3 Å². The third kappa shape index (κ3) is 3.49. The van der Waals surface area contributed by atoms with Gasteiger partial charge in [0.25, 0.3) is 0 Å². The van der Waals surface area contributed by atoms with E-state index in [1.165, 1.54) is 0 Å². The fraction of sp³-hybridized carbons (Fsp3) is 0.250. The van der Waals surface area contributed by atoms with Crippen molar-refractivity contribution >= 4 is 35.6 Å². The van der Waals surface area contributed by atoms with Crippen molar-refractivity contribution < 1.29 is 14.4 Å². The van der Waals surface area contributed by atoms with Crippen LogP contribution in [0.2, 0.25) is 0 Å². The zero-order valence-corrected chi connectivity index (χ0v) is 13.2. The molecule has 1 aliphatic heterocycles. The first-order valence-corrected chi connectivity index (χ1v) is 7.52. The first kappa shape index (κ1) is 16.3. The number of rotatable bonds is 6. The largest absolute Gasteiger partial charge is 0.491 e. The van der Waals surface area contributed by atoms with E-state index in [4.69, 9.17) is 16.0 Å². The number of methoxy groups -OCH3 is 1. The number of pyridine rings is 1. The third-order valence-electron chi connectivity index (χ3n) is 3.67. The lowest BCUT2D eigenvalue weighted by molar-refractivity contribution is 0.210. The highest BCUT2D eigenvalue weighted by Gasteiger charge is 2.27. The average Bonchev–Trinajstić information content (AvgIpc) is 2.96. The van der Waals surface area contributed by atoms with Crippen LogP contribution in [0.5, 0.6) is 0 Å². The molecule has 0 bridgehead atoms. The van der Waals surface area contributed by atoms with Crippen molar-refractivity contribution in [2.45, 2.75) is 6.61 Å². The van der Waals surface area contributed by atoms with Gasteiger partial charge in [-0.15, -0.1) is 0 Å². The number of ether oxygens (including phenoxy) is 1. The van der Waals surface area contributed by atoms with Gasteiger partial charge < -0.3 is 25.0 Å². The monoisotopic (exact) mass is 324 g/mol. The van der Waals surface area contributed by atoms with Gasteiger partial charge in [-0.25, -0.2) is 9.83 Å². The maximum atomic E-state index is 9.66. The van der Waals surface area contributed by atoms with Gasteiger partial charge in [0.2, 0.25) is 5.69 Å². The van der Waals surface area contributed by atoms with Crippen molar-refractivity contribution in [2.75, 3.05) is 30.9 Å². The van der Waals surface area contributed by atoms with Crippen LogP contribution in [0.15, 0.2) is 30.3 Å². The summed E-state index contributed by atoms with van der Waals surface area (Å²) < 4.78 is 10.2. The topological polar surface area (TPSA) is 80.0 Å². The van der Waals surface area contributed by atoms with Crippen molar-refractivity contribution in [3.8, 4) is 0 Å². The molecule has 0 atom stereocenters. The van der Waals surface area contributed by atoms with Crippen molar-refractivity contribution in [1.82, 2.24) is 4.98 Å². The molecule has 24 heavy (non-hydrogen) atoms. The van der Waals surface area contributed by atoms with E-state index in [1.54, 1.807) is 19.2 Å². The quantitative estimate of drug-likeness (QED) is 0.426. The molecule has 2 heterocycles. The highest BCUT2D eigenvalue weighted by atomic mass is 16.5. The summed E-state index contributed by atoms with van der Waals surface area (Å²) in [5.41, 5.74) is 3.04. The Kier molecular flexibility index (Phi) is 4.96. The molecular formula is C16H17BN4O3. The van der Waals surface area contributed by atoms with E-state index in [2.05, 4.69) is 20.5 Å². The minimum Gasteiger partial charge on any atom is -0.423 e. The number of fused-ring (bicyclic) bond motifs is 1. The van der Waals surface area contributed by atoms with Crippen molar-refractivity contribution in [3.63, 3.8) is 0 Å². The van der Waals surface area contributed by atoms with E-state index >= 15 is 0 Å². The molecule has 0 radical (unpaired) electrons. The Labute approximate surface area is 140 Å². The molecule has 1 aromatic heterocycles. The maximum absolute atomic E-state index is 9.66. The van der Waals surface area contributed by atoms with Crippen molar-refractivity contribution in [2.24, 2.45) is 0 Å². The second-order valence-corrected chi connectivity index (χ2v) is 5.30. The predicted octanol–water partition coefficient (Wildman–Crippen LogP) is 1.65. The third-order valence-corrected chi connectivity index (χ3v) is 3.67. The molecule has 0 aliphatic carbocycles. The summed E-state index contributed by atoms with van der Waals surface area (Å²) in [4.78, 5) is 7.91. The number of benzene rings is 1. The fourth-order valence-electron chi connectivity index (χ4n) is 2.47. The van der Waals surface area contributed by atoms with Gasteiger partial charge in [-0.05, 0) is 35.3 Å². The molecule has 3 N–H and O–H groups in total. The molecule has 1 aromatic carbocycles. The Morgan fingerprint density at radius 2 is 2.29 bits per heavy atom. The highest BCUT2D eigenvalue weighted by Crippen LogP contribution is 2.26. The second kappa shape index (κ2) is 7.32. The molecule has 7 nitrogen and oxygen atoms in total. The second-order valence-electron chi connectivity index (χ2n) is 5.30. The van der Waals surface area contributed by atoms with Crippen LogP contribution in [0.3, 0.4) is 0 Å². The normalized spacial score (nSPS) is 12.6. The number of aromatic nitrogens is 1. The molecule has 122 valence electrons. The Bertz CT molecular complexity index is 778. The minimum absolute atomic E-state index is 0.389. The Morgan fingerprint density at radius 1 is 1.42 bits per heavy atom. The lowest BCUT2D eigenvalue weighted by atomic mass is 9.79. The number of anilines is 3. The lowest BCUT2D eigenvalue weighted by Crippen LogP contribution is -2.27. The van der Waals surface area contributed by atoms with Crippen LogP contribution in [-0.2, 0) is 16.0 Å². The van der Waals surface area contributed by atoms with Gasteiger partial charge in [-0.3, -0.25) is 0 Å². The molecule has 0 fully saturated rings. The number of nitrogens with one attached hydrogen (secondary N) is 2.